The standard InChI is InChI=1S/C30H29ClN2OS/c31-27-14-5-6-15-28(27)32-30(35)26-17-16-23(29(26)33-18-7-2-8-19-33)20-22-10-9-13-25(21-22)34-24-11-3-1-4-12-24/h1,3-6,9-15,20-21H,2,7-8,16-19H2,(H,32,35)/b23-20-. The van der Waals surface area contributed by atoms with Crippen LogP contribution in [0.15, 0.2) is 95.7 Å². The molecule has 0 amide bonds. The van der Waals surface area contributed by atoms with E-state index in [4.69, 9.17) is 28.6 Å². The summed E-state index contributed by atoms with van der Waals surface area (Å²) in [6.07, 6.45) is 7.92. The fourth-order valence-corrected chi connectivity index (χ4v) is 5.31. The summed E-state index contributed by atoms with van der Waals surface area (Å²) in [6.45, 7) is 2.14. The average molecular weight is 501 g/mol. The third-order valence-corrected chi connectivity index (χ3v) is 7.16. The number of nitrogens with zero attached hydrogens (tertiary/aromatic N) is 1. The van der Waals surface area contributed by atoms with Gasteiger partial charge in [0.05, 0.1) is 10.7 Å². The predicted octanol–water partition coefficient (Wildman–Crippen LogP) is 8.49. The van der Waals surface area contributed by atoms with Gasteiger partial charge in [0.2, 0.25) is 0 Å². The Labute approximate surface area is 218 Å². The van der Waals surface area contributed by atoms with Gasteiger partial charge in [-0.05, 0) is 85.7 Å². The van der Waals surface area contributed by atoms with E-state index in [-0.39, 0.29) is 0 Å². The molecule has 1 heterocycles. The number of benzene rings is 3. The number of halogens is 1. The Balaban J connectivity index is 1.45. The number of nitrogens with one attached hydrogen (secondary N) is 1. The zero-order valence-corrected chi connectivity index (χ0v) is 21.2. The number of allylic oxidation sites excluding steroid dienone is 1. The van der Waals surface area contributed by atoms with Gasteiger partial charge in [-0.2, -0.15) is 0 Å². The maximum Gasteiger partial charge on any atom is 0.128 e. The second-order valence-corrected chi connectivity index (χ2v) is 9.78. The lowest BCUT2D eigenvalue weighted by Crippen LogP contribution is -2.31. The minimum Gasteiger partial charge on any atom is -0.457 e. The van der Waals surface area contributed by atoms with Crippen molar-refractivity contribution in [2.75, 3.05) is 18.4 Å². The number of anilines is 1. The summed E-state index contributed by atoms with van der Waals surface area (Å²) in [5, 5.41) is 4.09. The quantitative estimate of drug-likeness (QED) is 0.343. The molecule has 3 aromatic carbocycles. The zero-order chi connectivity index (χ0) is 24.0. The topological polar surface area (TPSA) is 24.5 Å². The molecule has 5 rings (SSSR count). The molecular formula is C30H29ClN2OS. The molecule has 0 saturated carbocycles. The lowest BCUT2D eigenvalue weighted by molar-refractivity contribution is 0.290. The van der Waals surface area contributed by atoms with E-state index in [1.54, 1.807) is 0 Å². The molecule has 178 valence electrons. The molecule has 1 aliphatic heterocycles. The van der Waals surface area contributed by atoms with Crippen molar-refractivity contribution >= 4 is 40.6 Å². The molecule has 1 N–H and O–H groups in total. The van der Waals surface area contributed by atoms with E-state index >= 15 is 0 Å². The van der Waals surface area contributed by atoms with Crippen LogP contribution in [-0.2, 0) is 0 Å². The molecule has 1 saturated heterocycles. The lowest BCUT2D eigenvalue weighted by atomic mass is 10.0. The smallest absolute Gasteiger partial charge is 0.128 e. The van der Waals surface area contributed by atoms with E-state index in [9.17, 15) is 0 Å². The highest BCUT2D eigenvalue weighted by Crippen LogP contribution is 2.38. The molecule has 3 aromatic rings. The summed E-state index contributed by atoms with van der Waals surface area (Å²) < 4.78 is 6.07. The fourth-order valence-electron chi connectivity index (χ4n) is 4.82. The maximum absolute atomic E-state index is 6.40. The number of thiocarbonyl (C=S) groups is 1. The molecule has 5 heteroatoms. The Morgan fingerprint density at radius 1 is 0.857 bits per heavy atom. The molecule has 1 aliphatic carbocycles. The predicted molar refractivity (Wildman–Crippen MR) is 150 cm³/mol. The summed E-state index contributed by atoms with van der Waals surface area (Å²) in [6, 6.07) is 25.9. The van der Waals surface area contributed by atoms with Crippen molar-refractivity contribution in [1.82, 2.24) is 4.90 Å². The summed E-state index contributed by atoms with van der Waals surface area (Å²) in [4.78, 5) is 3.30. The van der Waals surface area contributed by atoms with Gasteiger partial charge in [0.1, 0.15) is 16.5 Å². The van der Waals surface area contributed by atoms with Gasteiger partial charge in [-0.3, -0.25) is 0 Å². The van der Waals surface area contributed by atoms with Crippen LogP contribution in [0.3, 0.4) is 0 Å². The molecule has 1 fully saturated rings. The first kappa shape index (κ1) is 23.7. The van der Waals surface area contributed by atoms with Gasteiger partial charge in [0.15, 0.2) is 0 Å². The first-order valence-electron chi connectivity index (χ1n) is 12.3. The number of likely N-dealkylation sites (tertiary alicyclic amines) is 1. The van der Waals surface area contributed by atoms with Gasteiger partial charge in [0.25, 0.3) is 0 Å². The van der Waals surface area contributed by atoms with Crippen LogP contribution in [0.25, 0.3) is 6.08 Å². The Morgan fingerprint density at radius 3 is 2.40 bits per heavy atom. The monoisotopic (exact) mass is 500 g/mol. The highest BCUT2D eigenvalue weighted by Gasteiger charge is 2.28. The van der Waals surface area contributed by atoms with Crippen molar-refractivity contribution < 1.29 is 4.74 Å². The largest absolute Gasteiger partial charge is 0.457 e. The van der Waals surface area contributed by atoms with E-state index in [0.717, 1.165) is 53.7 Å². The van der Waals surface area contributed by atoms with E-state index in [1.165, 1.54) is 36.1 Å². The zero-order valence-electron chi connectivity index (χ0n) is 19.7. The van der Waals surface area contributed by atoms with E-state index in [2.05, 4.69) is 34.5 Å². The molecule has 2 aliphatic rings. The number of para-hydroxylation sites is 2. The molecule has 0 spiro atoms. The van der Waals surface area contributed by atoms with Crippen LogP contribution in [0.5, 0.6) is 11.5 Å². The normalized spacial score (nSPS) is 17.1. The third kappa shape index (κ3) is 5.77. The van der Waals surface area contributed by atoms with E-state index in [1.807, 2.05) is 60.7 Å². The van der Waals surface area contributed by atoms with Crippen LogP contribution in [-0.4, -0.2) is 23.0 Å². The van der Waals surface area contributed by atoms with Gasteiger partial charge in [0, 0.05) is 24.4 Å². The van der Waals surface area contributed by atoms with Crippen molar-refractivity contribution in [1.29, 1.82) is 0 Å². The second kappa shape index (κ2) is 11.1. The van der Waals surface area contributed by atoms with Crippen molar-refractivity contribution in [3.05, 3.63) is 106 Å². The van der Waals surface area contributed by atoms with Crippen molar-refractivity contribution in [3.8, 4) is 11.5 Å². The van der Waals surface area contributed by atoms with Crippen LogP contribution in [0.2, 0.25) is 5.02 Å². The van der Waals surface area contributed by atoms with E-state index < -0.39 is 0 Å². The second-order valence-electron chi connectivity index (χ2n) is 8.97. The van der Waals surface area contributed by atoms with Crippen LogP contribution in [0.4, 0.5) is 5.69 Å². The minimum absolute atomic E-state index is 0.680. The molecule has 0 unspecified atom stereocenters. The van der Waals surface area contributed by atoms with Gasteiger partial charge >= 0.3 is 0 Å². The number of rotatable bonds is 6. The Hall–Kier alpha value is -3.08. The van der Waals surface area contributed by atoms with Gasteiger partial charge in [-0.1, -0.05) is 66.3 Å². The van der Waals surface area contributed by atoms with Crippen molar-refractivity contribution in [2.45, 2.75) is 32.1 Å². The summed E-state index contributed by atoms with van der Waals surface area (Å²) in [7, 11) is 0. The molecule has 0 atom stereocenters. The summed E-state index contributed by atoms with van der Waals surface area (Å²) in [5.74, 6) is 1.67. The number of hydrogen-bond donors (Lipinski definition) is 1. The Bertz CT molecular complexity index is 1260. The molecule has 35 heavy (non-hydrogen) atoms. The van der Waals surface area contributed by atoms with Crippen molar-refractivity contribution in [3.63, 3.8) is 0 Å². The summed E-state index contributed by atoms with van der Waals surface area (Å²) >= 11 is 12.3. The molecule has 0 radical (unpaired) electrons. The first-order valence-corrected chi connectivity index (χ1v) is 13.0. The highest BCUT2D eigenvalue weighted by atomic mass is 35.5. The van der Waals surface area contributed by atoms with Crippen LogP contribution >= 0.6 is 23.8 Å². The first-order chi connectivity index (χ1) is 17.2. The van der Waals surface area contributed by atoms with Crippen LogP contribution < -0.4 is 10.1 Å². The fraction of sp³-hybridized carbons (Fsp3) is 0.233. The lowest BCUT2D eigenvalue weighted by Gasteiger charge is -2.32. The molecule has 3 nitrogen and oxygen atoms in total. The number of ether oxygens (including phenoxy) is 1. The van der Waals surface area contributed by atoms with Crippen LogP contribution in [0.1, 0.15) is 37.7 Å². The van der Waals surface area contributed by atoms with Crippen LogP contribution in [0, 0.1) is 0 Å². The molecule has 0 aromatic heterocycles. The number of hydrogen-bond acceptors (Lipinski definition) is 3. The average Bonchev–Trinajstić information content (AvgIpc) is 3.30. The third-order valence-electron chi connectivity index (χ3n) is 6.48. The maximum atomic E-state index is 6.40. The SMILES string of the molecule is S=C(Nc1ccccc1Cl)C1=C(N2CCCCC2)/C(=C\c2cccc(Oc3ccccc3)c2)CC1. The van der Waals surface area contributed by atoms with Gasteiger partial charge < -0.3 is 15.0 Å². The van der Waals surface area contributed by atoms with Gasteiger partial charge in [-0.15, -0.1) is 0 Å². The van der Waals surface area contributed by atoms with Gasteiger partial charge in [-0.25, -0.2) is 0 Å². The highest BCUT2D eigenvalue weighted by molar-refractivity contribution is 7.81. The van der Waals surface area contributed by atoms with Crippen molar-refractivity contribution in [2.24, 2.45) is 0 Å². The Kier molecular flexibility index (Phi) is 7.51. The van der Waals surface area contributed by atoms with E-state index in [0.29, 0.717) is 5.02 Å². The minimum atomic E-state index is 0.680. The number of piperidine rings is 1. The Morgan fingerprint density at radius 2 is 1.60 bits per heavy atom. The summed E-state index contributed by atoms with van der Waals surface area (Å²) in [5.41, 5.74) is 5.83. The molecule has 0 bridgehead atoms. The molecular weight excluding hydrogens is 472 g/mol.